The number of benzene rings is 1. The van der Waals surface area contributed by atoms with Gasteiger partial charge in [-0.25, -0.2) is 0 Å². The molecule has 0 radical (unpaired) electrons. The second kappa shape index (κ2) is 16.6. The number of fused-ring (bicyclic) bond motifs is 1. The van der Waals surface area contributed by atoms with Gasteiger partial charge < -0.3 is 4.90 Å². The highest BCUT2D eigenvalue weighted by Crippen LogP contribution is 2.32. The van der Waals surface area contributed by atoms with Crippen molar-refractivity contribution in [3.8, 4) is 0 Å². The van der Waals surface area contributed by atoms with Gasteiger partial charge in [-0.15, -0.1) is 0 Å². The highest BCUT2D eigenvalue weighted by Gasteiger charge is 2.13. The molecule has 0 unspecified atom stereocenters. The number of anilines is 1. The van der Waals surface area contributed by atoms with Gasteiger partial charge in [-0.05, 0) is 66.1 Å². The molecule has 0 saturated carbocycles. The van der Waals surface area contributed by atoms with Gasteiger partial charge in [0, 0.05) is 31.7 Å². The van der Waals surface area contributed by atoms with Crippen molar-refractivity contribution in [2.24, 2.45) is 0 Å². The third-order valence-electron chi connectivity index (χ3n) is 7.66. The first-order valence-corrected chi connectivity index (χ1v) is 14.7. The Balaban J connectivity index is 1.25. The second-order valence-corrected chi connectivity index (χ2v) is 10.7. The molecule has 1 aromatic carbocycles. The molecular weight excluding hydrogens is 424 g/mol. The Labute approximate surface area is 216 Å². The Morgan fingerprint density at radius 2 is 1.34 bits per heavy atom. The second-order valence-electron chi connectivity index (χ2n) is 10.7. The predicted molar refractivity (Wildman–Crippen MR) is 155 cm³/mol. The molecule has 0 atom stereocenters. The van der Waals surface area contributed by atoms with E-state index in [4.69, 9.17) is 0 Å². The first kappa shape index (κ1) is 27.5. The van der Waals surface area contributed by atoms with Crippen LogP contribution >= 0.6 is 0 Å². The zero-order valence-electron chi connectivity index (χ0n) is 22.7. The normalized spacial score (nSPS) is 14.3. The van der Waals surface area contributed by atoms with Gasteiger partial charge in [-0.1, -0.05) is 109 Å². The van der Waals surface area contributed by atoms with E-state index in [1.807, 2.05) is 12.4 Å². The van der Waals surface area contributed by atoms with Crippen LogP contribution in [0.3, 0.4) is 0 Å². The minimum atomic E-state index is 1.15. The fourth-order valence-corrected chi connectivity index (χ4v) is 5.39. The molecule has 3 rings (SSSR count). The van der Waals surface area contributed by atoms with Crippen LogP contribution in [0, 0.1) is 0 Å². The van der Waals surface area contributed by atoms with E-state index >= 15 is 0 Å². The molecule has 0 spiro atoms. The minimum Gasteiger partial charge on any atom is -0.375 e. The predicted octanol–water partition coefficient (Wildman–Crippen LogP) is 9.88. The quantitative estimate of drug-likeness (QED) is 0.212. The van der Waals surface area contributed by atoms with Gasteiger partial charge in [-0.3, -0.25) is 4.98 Å². The van der Waals surface area contributed by atoms with Crippen LogP contribution in [0.2, 0.25) is 0 Å². The lowest BCUT2D eigenvalue weighted by atomic mass is 9.88. The molecule has 0 aliphatic heterocycles. The number of unbranched alkanes of at least 4 members (excludes halogenated alkanes) is 13. The summed E-state index contributed by atoms with van der Waals surface area (Å²) in [6, 6.07) is 11.3. The highest BCUT2D eigenvalue weighted by molar-refractivity contribution is 5.83. The van der Waals surface area contributed by atoms with Gasteiger partial charge in [-0.2, -0.15) is 0 Å². The van der Waals surface area contributed by atoms with E-state index in [9.17, 15) is 0 Å². The largest absolute Gasteiger partial charge is 0.375 e. The third-order valence-corrected chi connectivity index (χ3v) is 7.66. The lowest BCUT2D eigenvalue weighted by Crippen LogP contribution is -2.18. The molecule has 0 fully saturated rings. The van der Waals surface area contributed by atoms with Crippen molar-refractivity contribution in [2.75, 3.05) is 18.5 Å². The van der Waals surface area contributed by atoms with Gasteiger partial charge in [0.05, 0.1) is 0 Å². The fraction of sp³-hybridized carbons (Fsp3) is 0.606. The summed E-state index contributed by atoms with van der Waals surface area (Å²) < 4.78 is 0. The number of hydrogen-bond acceptors (Lipinski definition) is 2. The first-order chi connectivity index (χ1) is 17.3. The third kappa shape index (κ3) is 10.2. The maximum atomic E-state index is 4.31. The van der Waals surface area contributed by atoms with Crippen molar-refractivity contribution in [1.29, 1.82) is 0 Å². The standard InChI is InChI=1S/C33H50N2/c1-3-4-5-6-7-8-9-10-11-12-13-14-15-16-26-35(2)32-22-20-29(21-23-32)27-30-18-17-19-31-28-34-25-24-33(30)31/h20-25,27-28H,3-19,26H2,1-2H3. The van der Waals surface area contributed by atoms with Crippen LogP contribution in [-0.4, -0.2) is 18.6 Å². The SMILES string of the molecule is CCCCCCCCCCCCCCCCN(C)c1ccc(C=C2CCCc3cnccc32)cc1. The van der Waals surface area contributed by atoms with E-state index < -0.39 is 0 Å². The van der Waals surface area contributed by atoms with Gasteiger partial charge in [0.25, 0.3) is 0 Å². The van der Waals surface area contributed by atoms with E-state index in [1.165, 1.54) is 124 Å². The average molecular weight is 475 g/mol. The lowest BCUT2D eigenvalue weighted by molar-refractivity contribution is 0.535. The average Bonchev–Trinajstić information content (AvgIpc) is 2.89. The summed E-state index contributed by atoms with van der Waals surface area (Å²) in [5.74, 6) is 0. The van der Waals surface area contributed by atoms with Crippen LogP contribution in [0.25, 0.3) is 11.6 Å². The number of aromatic nitrogens is 1. The first-order valence-electron chi connectivity index (χ1n) is 14.7. The maximum absolute atomic E-state index is 4.31. The summed E-state index contributed by atoms with van der Waals surface area (Å²) in [7, 11) is 2.24. The molecule has 1 aliphatic rings. The van der Waals surface area contributed by atoms with E-state index in [0.29, 0.717) is 0 Å². The minimum absolute atomic E-state index is 1.15. The van der Waals surface area contributed by atoms with Crippen LogP contribution in [0.4, 0.5) is 5.69 Å². The molecule has 2 nitrogen and oxygen atoms in total. The number of pyridine rings is 1. The Morgan fingerprint density at radius 3 is 1.97 bits per heavy atom. The van der Waals surface area contributed by atoms with Crippen LogP contribution in [0.1, 0.15) is 126 Å². The lowest BCUT2D eigenvalue weighted by Gasteiger charge is -2.20. The van der Waals surface area contributed by atoms with Gasteiger partial charge >= 0.3 is 0 Å². The zero-order chi connectivity index (χ0) is 24.6. The molecule has 192 valence electrons. The summed E-state index contributed by atoms with van der Waals surface area (Å²) >= 11 is 0. The summed E-state index contributed by atoms with van der Waals surface area (Å²) in [4.78, 5) is 6.72. The molecule has 0 amide bonds. The van der Waals surface area contributed by atoms with Crippen LogP contribution in [0.15, 0.2) is 42.7 Å². The topological polar surface area (TPSA) is 16.1 Å². The van der Waals surface area contributed by atoms with Gasteiger partial charge in [0.1, 0.15) is 0 Å². The van der Waals surface area contributed by atoms with E-state index in [0.717, 1.165) is 19.4 Å². The number of aryl methyl sites for hydroxylation is 1. The van der Waals surface area contributed by atoms with Crippen molar-refractivity contribution in [1.82, 2.24) is 4.98 Å². The maximum Gasteiger partial charge on any atom is 0.0364 e. The molecule has 1 aromatic heterocycles. The van der Waals surface area contributed by atoms with Crippen LogP contribution in [-0.2, 0) is 6.42 Å². The van der Waals surface area contributed by atoms with Crippen LogP contribution < -0.4 is 4.90 Å². The Hall–Kier alpha value is -2.09. The molecule has 2 aromatic rings. The summed E-state index contributed by atoms with van der Waals surface area (Å²) in [5, 5.41) is 0. The molecule has 1 heterocycles. The summed E-state index contributed by atoms with van der Waals surface area (Å²) in [6.07, 6.45) is 29.7. The molecule has 2 heteroatoms. The van der Waals surface area contributed by atoms with Gasteiger partial charge in [0.15, 0.2) is 0 Å². The molecule has 0 N–H and O–H groups in total. The number of hydrogen-bond donors (Lipinski definition) is 0. The Bertz CT molecular complexity index is 852. The van der Waals surface area contributed by atoms with Crippen molar-refractivity contribution in [2.45, 2.75) is 116 Å². The van der Waals surface area contributed by atoms with Crippen molar-refractivity contribution >= 4 is 17.3 Å². The van der Waals surface area contributed by atoms with Crippen molar-refractivity contribution in [3.63, 3.8) is 0 Å². The summed E-state index contributed by atoms with van der Waals surface area (Å²) in [6.45, 7) is 3.45. The van der Waals surface area contributed by atoms with E-state index in [-0.39, 0.29) is 0 Å². The fourth-order valence-electron chi connectivity index (χ4n) is 5.39. The van der Waals surface area contributed by atoms with Gasteiger partial charge in [0.2, 0.25) is 0 Å². The van der Waals surface area contributed by atoms with E-state index in [1.54, 1.807) is 0 Å². The number of nitrogens with zero attached hydrogens (tertiary/aromatic N) is 2. The van der Waals surface area contributed by atoms with Crippen molar-refractivity contribution in [3.05, 3.63) is 59.4 Å². The smallest absolute Gasteiger partial charge is 0.0364 e. The molecule has 1 aliphatic carbocycles. The highest BCUT2D eigenvalue weighted by atomic mass is 15.1. The zero-order valence-corrected chi connectivity index (χ0v) is 22.7. The number of rotatable bonds is 17. The Morgan fingerprint density at radius 1 is 0.743 bits per heavy atom. The van der Waals surface area contributed by atoms with Crippen LogP contribution in [0.5, 0.6) is 0 Å². The van der Waals surface area contributed by atoms with Crippen molar-refractivity contribution < 1.29 is 0 Å². The molecule has 0 bridgehead atoms. The monoisotopic (exact) mass is 474 g/mol. The molecule has 0 saturated heterocycles. The Kier molecular flexibility index (Phi) is 13.0. The number of allylic oxidation sites excluding steroid dienone is 1. The van der Waals surface area contributed by atoms with E-state index in [2.05, 4.69) is 60.3 Å². The molecular formula is C33H50N2. The molecule has 35 heavy (non-hydrogen) atoms. The summed E-state index contributed by atoms with van der Waals surface area (Å²) in [5.41, 5.74) is 6.88.